The standard InChI is InChI=1S/C19H16N4O2/c1-23-11-16(15-10-21-22-17(15)19(23)25)18(24)20-9-13-7-4-6-12-5-2-3-8-14(12)13/h2-8,10-11,15H,9H2,1H3,(H,20,24). The summed E-state index contributed by atoms with van der Waals surface area (Å²) in [4.78, 5) is 26.1. The number of rotatable bonds is 3. The third-order valence-corrected chi connectivity index (χ3v) is 4.46. The van der Waals surface area contributed by atoms with E-state index in [1.54, 1.807) is 13.2 Å². The third-order valence-electron chi connectivity index (χ3n) is 4.46. The molecule has 1 atom stereocenters. The van der Waals surface area contributed by atoms with E-state index in [0.29, 0.717) is 17.8 Å². The predicted octanol–water partition coefficient (Wildman–Crippen LogP) is 1.87. The molecule has 0 aliphatic carbocycles. The average Bonchev–Trinajstić information content (AvgIpc) is 3.12. The summed E-state index contributed by atoms with van der Waals surface area (Å²) in [5.74, 6) is -0.914. The van der Waals surface area contributed by atoms with Crippen LogP contribution in [0.25, 0.3) is 10.8 Å². The van der Waals surface area contributed by atoms with E-state index in [1.165, 1.54) is 11.1 Å². The fourth-order valence-corrected chi connectivity index (χ4v) is 3.15. The molecule has 2 amide bonds. The van der Waals surface area contributed by atoms with Crippen LogP contribution in [0.2, 0.25) is 0 Å². The van der Waals surface area contributed by atoms with E-state index in [2.05, 4.69) is 15.5 Å². The first-order chi connectivity index (χ1) is 12.1. The van der Waals surface area contributed by atoms with Crippen molar-refractivity contribution in [1.29, 1.82) is 0 Å². The lowest BCUT2D eigenvalue weighted by atomic mass is 9.91. The van der Waals surface area contributed by atoms with Gasteiger partial charge in [0.05, 0.1) is 5.92 Å². The zero-order valence-corrected chi connectivity index (χ0v) is 13.6. The first kappa shape index (κ1) is 15.3. The topological polar surface area (TPSA) is 74.1 Å². The van der Waals surface area contributed by atoms with Gasteiger partial charge in [-0.05, 0) is 16.3 Å². The van der Waals surface area contributed by atoms with Crippen LogP contribution in [0.5, 0.6) is 0 Å². The Morgan fingerprint density at radius 2 is 2.00 bits per heavy atom. The Morgan fingerprint density at radius 1 is 1.20 bits per heavy atom. The number of amides is 2. The van der Waals surface area contributed by atoms with E-state index >= 15 is 0 Å². The van der Waals surface area contributed by atoms with Gasteiger partial charge in [-0.1, -0.05) is 42.5 Å². The first-order valence-corrected chi connectivity index (χ1v) is 8.00. The van der Waals surface area contributed by atoms with Gasteiger partial charge in [-0.15, -0.1) is 5.10 Å². The van der Waals surface area contributed by atoms with Crippen molar-refractivity contribution >= 4 is 34.5 Å². The largest absolute Gasteiger partial charge is 0.348 e. The molecule has 0 bridgehead atoms. The molecule has 0 spiro atoms. The van der Waals surface area contributed by atoms with E-state index in [4.69, 9.17) is 0 Å². The van der Waals surface area contributed by atoms with Gasteiger partial charge in [0.1, 0.15) is 5.71 Å². The van der Waals surface area contributed by atoms with Crippen molar-refractivity contribution in [3.8, 4) is 0 Å². The molecule has 2 heterocycles. The van der Waals surface area contributed by atoms with Crippen molar-refractivity contribution in [3.05, 3.63) is 59.8 Å². The highest BCUT2D eigenvalue weighted by molar-refractivity contribution is 6.45. The number of carbonyl (C=O) groups is 2. The predicted molar refractivity (Wildman–Crippen MR) is 96.1 cm³/mol. The lowest BCUT2D eigenvalue weighted by molar-refractivity contribution is -0.121. The third kappa shape index (κ3) is 2.61. The summed E-state index contributed by atoms with van der Waals surface area (Å²) in [6.07, 6.45) is 3.09. The number of nitrogens with one attached hydrogen (secondary N) is 1. The zero-order valence-electron chi connectivity index (χ0n) is 13.6. The fourth-order valence-electron chi connectivity index (χ4n) is 3.15. The SMILES string of the molecule is CN1C=C(C(=O)NCc2cccc3ccccc23)C2C=NN=C2C1=O. The molecular weight excluding hydrogens is 316 g/mol. The van der Waals surface area contributed by atoms with Crippen LogP contribution in [-0.2, 0) is 16.1 Å². The van der Waals surface area contributed by atoms with Gasteiger partial charge in [0, 0.05) is 31.6 Å². The summed E-state index contributed by atoms with van der Waals surface area (Å²) in [6.45, 7) is 0.408. The molecule has 2 aromatic carbocycles. The van der Waals surface area contributed by atoms with E-state index < -0.39 is 5.92 Å². The quantitative estimate of drug-likeness (QED) is 0.932. The number of nitrogens with zero attached hydrogens (tertiary/aromatic N) is 3. The van der Waals surface area contributed by atoms with Crippen molar-refractivity contribution in [2.24, 2.45) is 16.1 Å². The molecule has 0 radical (unpaired) electrons. The highest BCUT2D eigenvalue weighted by atomic mass is 16.2. The Kier molecular flexibility index (Phi) is 3.65. The summed E-state index contributed by atoms with van der Waals surface area (Å²) in [5.41, 5.74) is 1.81. The summed E-state index contributed by atoms with van der Waals surface area (Å²) in [5, 5.41) is 12.8. The van der Waals surface area contributed by atoms with Crippen LogP contribution in [0.15, 0.2) is 64.4 Å². The maximum Gasteiger partial charge on any atom is 0.274 e. The molecule has 1 N–H and O–H groups in total. The summed E-state index contributed by atoms with van der Waals surface area (Å²) in [6, 6.07) is 14.1. The molecule has 0 aromatic heterocycles. The van der Waals surface area contributed by atoms with E-state index in [9.17, 15) is 9.59 Å². The van der Waals surface area contributed by atoms with Crippen LogP contribution in [0, 0.1) is 5.92 Å². The van der Waals surface area contributed by atoms with Crippen LogP contribution < -0.4 is 5.32 Å². The summed E-state index contributed by atoms with van der Waals surface area (Å²) >= 11 is 0. The molecule has 2 aliphatic heterocycles. The molecule has 4 rings (SSSR count). The van der Waals surface area contributed by atoms with Gasteiger partial charge in [-0.3, -0.25) is 9.59 Å². The molecule has 0 fully saturated rings. The Bertz CT molecular complexity index is 969. The van der Waals surface area contributed by atoms with Crippen LogP contribution in [0.1, 0.15) is 5.56 Å². The number of benzene rings is 2. The molecule has 0 saturated heterocycles. The van der Waals surface area contributed by atoms with Gasteiger partial charge in [0.15, 0.2) is 0 Å². The molecule has 0 saturated carbocycles. The van der Waals surface area contributed by atoms with Gasteiger partial charge in [-0.25, -0.2) is 0 Å². The van der Waals surface area contributed by atoms with Gasteiger partial charge < -0.3 is 10.2 Å². The first-order valence-electron chi connectivity index (χ1n) is 8.00. The number of hydrogen-bond acceptors (Lipinski definition) is 4. The van der Waals surface area contributed by atoms with Gasteiger partial charge >= 0.3 is 0 Å². The molecule has 1 unspecified atom stereocenters. The molecule has 2 aliphatic rings. The Balaban J connectivity index is 1.56. The van der Waals surface area contributed by atoms with Crippen molar-refractivity contribution in [2.75, 3.05) is 7.05 Å². The molecule has 2 aromatic rings. The van der Waals surface area contributed by atoms with E-state index in [0.717, 1.165) is 16.3 Å². The minimum atomic E-state index is -0.462. The monoisotopic (exact) mass is 332 g/mol. The minimum Gasteiger partial charge on any atom is -0.348 e. The second kappa shape index (κ2) is 5.98. The van der Waals surface area contributed by atoms with E-state index in [1.807, 2.05) is 42.5 Å². The smallest absolute Gasteiger partial charge is 0.274 e. The Hall–Kier alpha value is -3.28. The van der Waals surface area contributed by atoms with Gasteiger partial charge in [0.2, 0.25) is 5.91 Å². The Morgan fingerprint density at radius 3 is 2.88 bits per heavy atom. The highest BCUT2D eigenvalue weighted by Crippen LogP contribution is 2.23. The maximum atomic E-state index is 12.7. The molecular formula is C19H16N4O2. The van der Waals surface area contributed by atoms with Gasteiger partial charge in [-0.2, -0.15) is 5.10 Å². The van der Waals surface area contributed by atoms with Crippen LogP contribution in [-0.4, -0.2) is 35.7 Å². The van der Waals surface area contributed by atoms with Crippen molar-refractivity contribution in [3.63, 3.8) is 0 Å². The molecule has 124 valence electrons. The van der Waals surface area contributed by atoms with E-state index in [-0.39, 0.29) is 11.8 Å². The highest BCUT2D eigenvalue weighted by Gasteiger charge is 2.37. The molecule has 25 heavy (non-hydrogen) atoms. The average molecular weight is 332 g/mol. The van der Waals surface area contributed by atoms with Crippen LogP contribution >= 0.6 is 0 Å². The number of hydrogen-bond donors (Lipinski definition) is 1. The maximum absolute atomic E-state index is 12.7. The number of carbonyl (C=O) groups excluding carboxylic acids is 2. The fraction of sp³-hybridized carbons (Fsp3) is 0.158. The second-order valence-corrected chi connectivity index (χ2v) is 6.05. The second-order valence-electron chi connectivity index (χ2n) is 6.05. The summed E-state index contributed by atoms with van der Waals surface area (Å²) < 4.78 is 0. The lowest BCUT2D eigenvalue weighted by Crippen LogP contribution is -2.43. The van der Waals surface area contributed by atoms with Crippen LogP contribution in [0.3, 0.4) is 0 Å². The van der Waals surface area contributed by atoms with Crippen molar-refractivity contribution in [2.45, 2.75) is 6.54 Å². The van der Waals surface area contributed by atoms with Gasteiger partial charge in [0.25, 0.3) is 5.91 Å². The Labute approximate surface area is 144 Å². The molecule has 6 heteroatoms. The summed E-state index contributed by atoms with van der Waals surface area (Å²) in [7, 11) is 1.61. The minimum absolute atomic E-state index is 0.224. The van der Waals surface area contributed by atoms with Crippen molar-refractivity contribution in [1.82, 2.24) is 10.2 Å². The van der Waals surface area contributed by atoms with Crippen LogP contribution in [0.4, 0.5) is 0 Å². The molecule has 6 nitrogen and oxygen atoms in total. The lowest BCUT2D eigenvalue weighted by Gasteiger charge is -2.24. The number of fused-ring (bicyclic) bond motifs is 2. The van der Waals surface area contributed by atoms with Crippen molar-refractivity contribution < 1.29 is 9.59 Å². The zero-order chi connectivity index (χ0) is 17.4. The normalized spacial score (nSPS) is 18.8.